The Labute approximate surface area is 123 Å². The van der Waals surface area contributed by atoms with Gasteiger partial charge in [0, 0.05) is 12.0 Å². The van der Waals surface area contributed by atoms with Crippen molar-refractivity contribution in [2.45, 2.75) is 32.4 Å². The number of hydrogen-bond donors (Lipinski definition) is 1. The van der Waals surface area contributed by atoms with Crippen molar-refractivity contribution in [2.24, 2.45) is 5.73 Å². The van der Waals surface area contributed by atoms with Gasteiger partial charge in [0.05, 0.1) is 17.7 Å². The molecule has 1 aromatic carbocycles. The van der Waals surface area contributed by atoms with Gasteiger partial charge >= 0.3 is 0 Å². The Balaban J connectivity index is 2.51. The molecule has 1 aromatic rings. The summed E-state index contributed by atoms with van der Waals surface area (Å²) in [7, 11) is 1.52. The Morgan fingerprint density at radius 2 is 2.15 bits per heavy atom. The maximum atomic E-state index is 12.6. The smallest absolute Gasteiger partial charge is 0.225 e. The molecule has 0 amide bonds. The topological polar surface area (TPSA) is 61.6 Å². The lowest BCUT2D eigenvalue weighted by Crippen LogP contribution is -2.46. The number of rotatable bonds is 4. The van der Waals surface area contributed by atoms with Gasteiger partial charge < -0.3 is 9.47 Å². The van der Waals surface area contributed by atoms with Gasteiger partial charge in [-0.2, -0.15) is 0 Å². The molecule has 0 spiro atoms. The van der Waals surface area contributed by atoms with Crippen LogP contribution in [0.25, 0.3) is 5.57 Å². The minimum absolute atomic E-state index is 0.225. The number of carbonyl (C=O) groups is 1. The zero-order valence-electron chi connectivity index (χ0n) is 11.8. The van der Waals surface area contributed by atoms with Crippen LogP contribution in [0.3, 0.4) is 0 Å². The molecule has 0 saturated carbocycles. The highest BCUT2D eigenvalue weighted by atomic mass is 35.5. The lowest BCUT2D eigenvalue weighted by Gasteiger charge is -2.22. The average molecular weight is 296 g/mol. The monoisotopic (exact) mass is 295 g/mol. The molecule has 1 unspecified atom stereocenters. The highest BCUT2D eigenvalue weighted by Crippen LogP contribution is 2.41. The summed E-state index contributed by atoms with van der Waals surface area (Å²) >= 11 is 6.10. The number of nitrogens with two attached hydrogens (primary N) is 1. The van der Waals surface area contributed by atoms with Crippen molar-refractivity contribution in [3.05, 3.63) is 34.5 Å². The number of halogens is 1. The molecule has 0 aromatic heterocycles. The second kappa shape index (κ2) is 5.46. The Morgan fingerprint density at radius 3 is 2.75 bits per heavy atom. The fourth-order valence-electron chi connectivity index (χ4n) is 2.50. The fourth-order valence-corrected chi connectivity index (χ4v) is 2.75. The van der Waals surface area contributed by atoms with E-state index in [0.29, 0.717) is 34.1 Å². The number of hydrogen-bond acceptors (Lipinski definition) is 4. The molecule has 0 radical (unpaired) electrons. The van der Waals surface area contributed by atoms with E-state index in [-0.39, 0.29) is 5.78 Å². The number of ketones is 1. The van der Waals surface area contributed by atoms with Gasteiger partial charge in [-0.15, -0.1) is 0 Å². The van der Waals surface area contributed by atoms with Crippen molar-refractivity contribution >= 4 is 23.0 Å². The first-order valence-corrected chi connectivity index (χ1v) is 6.89. The highest BCUT2D eigenvalue weighted by Gasteiger charge is 2.45. The summed E-state index contributed by atoms with van der Waals surface area (Å²) in [4.78, 5) is 12.6. The highest BCUT2D eigenvalue weighted by molar-refractivity contribution is 6.33. The zero-order valence-corrected chi connectivity index (χ0v) is 12.6. The third-order valence-electron chi connectivity index (χ3n) is 3.36. The first-order valence-electron chi connectivity index (χ1n) is 6.51. The molecule has 4 nitrogen and oxygen atoms in total. The molecular weight excluding hydrogens is 278 g/mol. The van der Waals surface area contributed by atoms with E-state index in [2.05, 4.69) is 0 Å². The number of carbonyl (C=O) groups excluding carboxylic acids is 1. The first kappa shape index (κ1) is 14.9. The molecule has 1 atom stereocenters. The van der Waals surface area contributed by atoms with Gasteiger partial charge in [0.25, 0.3) is 0 Å². The molecule has 0 saturated heterocycles. The molecule has 5 heteroatoms. The number of allylic oxidation sites excluding steroid dienone is 1. The number of Topliss-reactive ketones (excluding diaryl/α,β-unsaturated/α-hetero) is 1. The summed E-state index contributed by atoms with van der Waals surface area (Å²) in [6.07, 6.45) is 1.23. The van der Waals surface area contributed by atoms with Crippen molar-refractivity contribution in [3.8, 4) is 5.75 Å². The fraction of sp³-hybridized carbons (Fsp3) is 0.400. The van der Waals surface area contributed by atoms with Gasteiger partial charge in [-0.1, -0.05) is 37.1 Å². The Morgan fingerprint density at radius 1 is 1.45 bits per heavy atom. The quantitative estimate of drug-likeness (QED) is 0.927. The third kappa shape index (κ3) is 2.30. The Bertz CT molecular complexity index is 582. The van der Waals surface area contributed by atoms with Crippen LogP contribution in [-0.4, -0.2) is 18.6 Å². The van der Waals surface area contributed by atoms with E-state index in [1.54, 1.807) is 25.1 Å². The molecule has 2 N–H and O–H groups in total. The Hall–Kier alpha value is -1.52. The predicted molar refractivity (Wildman–Crippen MR) is 78.5 cm³/mol. The zero-order chi connectivity index (χ0) is 14.9. The van der Waals surface area contributed by atoms with Crippen LogP contribution >= 0.6 is 11.6 Å². The predicted octanol–water partition coefficient (Wildman–Crippen LogP) is 3.13. The number of para-hydroxylation sites is 1. The van der Waals surface area contributed by atoms with Crippen molar-refractivity contribution in [3.63, 3.8) is 0 Å². The van der Waals surface area contributed by atoms with Gasteiger partial charge in [0.1, 0.15) is 11.5 Å². The normalized spacial score (nSPS) is 22.1. The summed E-state index contributed by atoms with van der Waals surface area (Å²) in [6.45, 7) is 3.69. The van der Waals surface area contributed by atoms with E-state index >= 15 is 0 Å². The van der Waals surface area contributed by atoms with Gasteiger partial charge in [-0.3, -0.25) is 10.5 Å². The van der Waals surface area contributed by atoms with Gasteiger partial charge in [0.15, 0.2) is 0 Å². The molecule has 108 valence electrons. The Kier molecular flexibility index (Phi) is 4.06. The van der Waals surface area contributed by atoms with Crippen molar-refractivity contribution in [2.75, 3.05) is 7.11 Å². The first-order chi connectivity index (χ1) is 9.44. The number of benzene rings is 1. The molecule has 2 rings (SSSR count). The van der Waals surface area contributed by atoms with Gasteiger partial charge in [-0.05, 0) is 13.0 Å². The van der Waals surface area contributed by atoms with E-state index in [0.717, 1.165) is 6.42 Å². The number of ether oxygens (including phenoxy) is 2. The minimum atomic E-state index is -1.28. The van der Waals surface area contributed by atoms with E-state index in [4.69, 9.17) is 26.8 Å². The van der Waals surface area contributed by atoms with E-state index in [1.807, 2.05) is 6.92 Å². The van der Waals surface area contributed by atoms with Crippen LogP contribution in [0.15, 0.2) is 24.0 Å². The van der Waals surface area contributed by atoms with Crippen LogP contribution < -0.4 is 10.5 Å². The lowest BCUT2D eigenvalue weighted by molar-refractivity contribution is -0.129. The van der Waals surface area contributed by atoms with E-state index in [9.17, 15) is 4.79 Å². The average Bonchev–Trinajstić information content (AvgIpc) is 2.60. The maximum Gasteiger partial charge on any atom is 0.225 e. The minimum Gasteiger partial charge on any atom is -0.495 e. The van der Waals surface area contributed by atoms with E-state index < -0.39 is 5.72 Å². The molecule has 0 bridgehead atoms. The summed E-state index contributed by atoms with van der Waals surface area (Å²) in [6, 6.07) is 5.26. The molecule has 1 heterocycles. The van der Waals surface area contributed by atoms with Crippen LogP contribution in [0, 0.1) is 0 Å². The molecule has 1 aliphatic heterocycles. The standard InChI is InChI=1S/C15H18ClNO3/c1-4-8-15(17)14(18)12(9(2)20-15)10-6-5-7-11(16)13(10)19-3/h5-7H,4,8,17H2,1-3H3. The van der Waals surface area contributed by atoms with Gasteiger partial charge in [0.2, 0.25) is 11.5 Å². The van der Waals surface area contributed by atoms with Gasteiger partial charge in [-0.25, -0.2) is 0 Å². The SMILES string of the molecule is CCCC1(N)OC(C)=C(c2cccc(Cl)c2OC)C1=O. The molecule has 0 aliphatic carbocycles. The molecule has 1 aliphatic rings. The van der Waals surface area contributed by atoms with Crippen molar-refractivity contribution in [1.29, 1.82) is 0 Å². The van der Waals surface area contributed by atoms with Crippen molar-refractivity contribution in [1.82, 2.24) is 0 Å². The largest absolute Gasteiger partial charge is 0.495 e. The second-order valence-electron chi connectivity index (χ2n) is 4.82. The molecule has 0 fully saturated rings. The lowest BCUT2D eigenvalue weighted by atomic mass is 9.94. The molecule has 20 heavy (non-hydrogen) atoms. The van der Waals surface area contributed by atoms with Crippen LogP contribution in [0.5, 0.6) is 5.75 Å². The van der Waals surface area contributed by atoms with Crippen LogP contribution in [-0.2, 0) is 9.53 Å². The van der Waals surface area contributed by atoms with Crippen LogP contribution in [0.2, 0.25) is 5.02 Å². The van der Waals surface area contributed by atoms with E-state index in [1.165, 1.54) is 7.11 Å². The summed E-state index contributed by atoms with van der Waals surface area (Å²) in [5, 5.41) is 0.447. The second-order valence-corrected chi connectivity index (χ2v) is 5.23. The van der Waals surface area contributed by atoms with Crippen molar-refractivity contribution < 1.29 is 14.3 Å². The molecular formula is C15H18ClNO3. The maximum absolute atomic E-state index is 12.6. The third-order valence-corrected chi connectivity index (χ3v) is 3.66. The summed E-state index contributed by atoms with van der Waals surface area (Å²) < 4.78 is 10.9. The number of methoxy groups -OCH3 is 1. The van der Waals surface area contributed by atoms with Crippen LogP contribution in [0.4, 0.5) is 0 Å². The summed E-state index contributed by atoms with van der Waals surface area (Å²) in [5.74, 6) is 0.741. The van der Waals surface area contributed by atoms with Crippen LogP contribution in [0.1, 0.15) is 32.3 Å². The summed E-state index contributed by atoms with van der Waals surface area (Å²) in [5.41, 5.74) is 5.86.